The molecule has 1 heterocycles. The van der Waals surface area contributed by atoms with Crippen LogP contribution in [0.2, 0.25) is 0 Å². The van der Waals surface area contributed by atoms with Gasteiger partial charge >= 0.3 is 6.18 Å². The van der Waals surface area contributed by atoms with Gasteiger partial charge in [-0.25, -0.2) is 0 Å². The normalized spacial score (nSPS) is 18.2. The number of Topliss-reactive ketones (excluding diaryl/α,β-unsaturated/α-hetero) is 1. The van der Waals surface area contributed by atoms with E-state index in [1.54, 1.807) is 18.2 Å². The van der Waals surface area contributed by atoms with Gasteiger partial charge in [-0.05, 0) is 42.3 Å². The van der Waals surface area contributed by atoms with Gasteiger partial charge in [-0.2, -0.15) is 18.4 Å². The summed E-state index contributed by atoms with van der Waals surface area (Å²) in [6.45, 7) is -0.0948. The van der Waals surface area contributed by atoms with Gasteiger partial charge in [0.25, 0.3) is 0 Å². The molecule has 0 fully saturated rings. The minimum absolute atomic E-state index is 0.0430. The third kappa shape index (κ3) is 4.44. The fraction of sp³-hybridized carbons (Fsp3) is 0.280. The van der Waals surface area contributed by atoms with Crippen LogP contribution >= 0.6 is 0 Å². The van der Waals surface area contributed by atoms with Crippen LogP contribution in [-0.2, 0) is 22.3 Å². The zero-order valence-corrected chi connectivity index (χ0v) is 18.2. The Morgan fingerprint density at radius 3 is 2.71 bits per heavy atom. The summed E-state index contributed by atoms with van der Waals surface area (Å²) in [4.78, 5) is 12.8. The molecule has 6 nitrogen and oxygen atoms in total. The monoisotopic (exact) mass is 470 g/mol. The molecule has 0 amide bonds. The molecule has 0 saturated heterocycles. The molecule has 1 unspecified atom stereocenters. The molecular weight excluding hydrogens is 449 g/mol. The highest BCUT2D eigenvalue weighted by molar-refractivity contribution is 5.99. The van der Waals surface area contributed by atoms with E-state index in [9.17, 15) is 23.2 Å². The van der Waals surface area contributed by atoms with E-state index in [2.05, 4.69) is 6.07 Å². The summed E-state index contributed by atoms with van der Waals surface area (Å²) in [7, 11) is 1.46. The lowest BCUT2D eigenvalue weighted by Gasteiger charge is -2.31. The van der Waals surface area contributed by atoms with Crippen LogP contribution < -0.4 is 15.2 Å². The van der Waals surface area contributed by atoms with Crippen LogP contribution in [-0.4, -0.2) is 12.9 Å². The first-order valence-electron chi connectivity index (χ1n) is 10.5. The van der Waals surface area contributed by atoms with Crippen LogP contribution in [0.4, 0.5) is 13.2 Å². The number of rotatable bonds is 5. The van der Waals surface area contributed by atoms with E-state index >= 15 is 0 Å². The van der Waals surface area contributed by atoms with E-state index < -0.39 is 17.7 Å². The molecular formula is C25H21F3N2O4. The molecule has 176 valence electrons. The largest absolute Gasteiger partial charge is 0.496 e. The summed E-state index contributed by atoms with van der Waals surface area (Å²) < 4.78 is 55.7. The maximum atomic E-state index is 13.0. The summed E-state index contributed by atoms with van der Waals surface area (Å²) in [5.41, 5.74) is 6.85. The number of halogens is 3. The molecule has 1 aliphatic carbocycles. The topological polar surface area (TPSA) is 94.6 Å². The van der Waals surface area contributed by atoms with Crippen molar-refractivity contribution in [2.75, 3.05) is 7.11 Å². The van der Waals surface area contributed by atoms with Crippen molar-refractivity contribution in [3.05, 3.63) is 81.9 Å². The van der Waals surface area contributed by atoms with E-state index in [0.717, 1.165) is 12.1 Å². The number of ketones is 1. The second-order valence-corrected chi connectivity index (χ2v) is 7.92. The number of carbonyl (C=O) groups is 1. The van der Waals surface area contributed by atoms with Gasteiger partial charge in [-0.1, -0.05) is 12.1 Å². The Morgan fingerprint density at radius 2 is 2.00 bits per heavy atom. The number of nitrogens with two attached hydrogens (primary N) is 1. The number of nitrogens with zero attached hydrogens (tertiary/aromatic N) is 1. The summed E-state index contributed by atoms with van der Waals surface area (Å²) in [6.07, 6.45) is -2.96. The average molecular weight is 470 g/mol. The van der Waals surface area contributed by atoms with Gasteiger partial charge in [-0.3, -0.25) is 4.79 Å². The molecule has 0 radical (unpaired) electrons. The predicted molar refractivity (Wildman–Crippen MR) is 115 cm³/mol. The first-order valence-corrected chi connectivity index (χ1v) is 10.5. The van der Waals surface area contributed by atoms with Gasteiger partial charge in [0.2, 0.25) is 5.88 Å². The second-order valence-electron chi connectivity index (χ2n) is 7.92. The molecule has 2 aliphatic rings. The van der Waals surface area contributed by atoms with Crippen LogP contribution in [0.5, 0.6) is 11.5 Å². The zero-order chi connectivity index (χ0) is 24.5. The minimum atomic E-state index is -4.49. The number of allylic oxidation sites excluding steroid dienone is 3. The van der Waals surface area contributed by atoms with Crippen molar-refractivity contribution in [1.29, 1.82) is 5.26 Å². The standard InChI is InChI=1S/C25H21F3N2O4/c1-32-20-9-8-14(10-15(20)13-33-17-5-2-4-16(11-17)25(26,27)28)22-18(12-29)24(30)34-21-7-3-6-19(31)23(21)22/h2,4-5,8-11,22H,3,6-7,13,30H2,1H3. The highest BCUT2D eigenvalue weighted by Gasteiger charge is 2.38. The first-order chi connectivity index (χ1) is 16.2. The summed E-state index contributed by atoms with van der Waals surface area (Å²) in [5, 5.41) is 9.74. The number of ether oxygens (including phenoxy) is 3. The minimum Gasteiger partial charge on any atom is -0.496 e. The molecule has 9 heteroatoms. The molecule has 0 aromatic heterocycles. The lowest BCUT2D eigenvalue weighted by molar-refractivity contribution is -0.137. The van der Waals surface area contributed by atoms with E-state index in [1.165, 1.54) is 19.2 Å². The number of carbonyl (C=O) groups excluding carboxylic acids is 1. The highest BCUT2D eigenvalue weighted by atomic mass is 19.4. The van der Waals surface area contributed by atoms with Gasteiger partial charge in [0, 0.05) is 24.0 Å². The van der Waals surface area contributed by atoms with Crippen LogP contribution in [0, 0.1) is 11.3 Å². The van der Waals surface area contributed by atoms with Crippen LogP contribution in [0.3, 0.4) is 0 Å². The molecule has 0 bridgehead atoms. The molecule has 1 aliphatic heterocycles. The van der Waals surface area contributed by atoms with E-state index in [4.69, 9.17) is 19.9 Å². The van der Waals surface area contributed by atoms with E-state index in [0.29, 0.717) is 47.5 Å². The second kappa shape index (κ2) is 9.14. The third-order valence-electron chi connectivity index (χ3n) is 5.80. The van der Waals surface area contributed by atoms with Crippen molar-refractivity contribution >= 4 is 5.78 Å². The number of hydrogen-bond acceptors (Lipinski definition) is 6. The Labute approximate surface area is 194 Å². The smallest absolute Gasteiger partial charge is 0.416 e. The highest BCUT2D eigenvalue weighted by Crippen LogP contribution is 2.44. The SMILES string of the molecule is COc1ccc(C2C(C#N)=C(N)OC3=C2C(=O)CCC3)cc1COc1cccc(C(F)(F)F)c1. The lowest BCUT2D eigenvalue weighted by atomic mass is 9.77. The van der Waals surface area contributed by atoms with Gasteiger partial charge in [-0.15, -0.1) is 0 Å². The Hall–Kier alpha value is -3.93. The first kappa shape index (κ1) is 23.2. The fourth-order valence-electron chi connectivity index (χ4n) is 4.20. The van der Waals surface area contributed by atoms with Crippen molar-refractivity contribution in [2.24, 2.45) is 5.73 Å². The van der Waals surface area contributed by atoms with E-state index in [-0.39, 0.29) is 29.6 Å². The lowest BCUT2D eigenvalue weighted by Crippen LogP contribution is -2.27. The molecule has 4 rings (SSSR count). The van der Waals surface area contributed by atoms with Crippen molar-refractivity contribution in [2.45, 2.75) is 38.0 Å². The summed E-state index contributed by atoms with van der Waals surface area (Å²) >= 11 is 0. The quantitative estimate of drug-likeness (QED) is 0.653. The van der Waals surface area contributed by atoms with Crippen molar-refractivity contribution < 1.29 is 32.2 Å². The van der Waals surface area contributed by atoms with Crippen LogP contribution in [0.15, 0.2) is 65.3 Å². The molecule has 2 aromatic carbocycles. The Kier molecular flexibility index (Phi) is 6.24. The molecule has 1 atom stereocenters. The predicted octanol–water partition coefficient (Wildman–Crippen LogP) is 5.11. The Morgan fingerprint density at radius 1 is 1.21 bits per heavy atom. The Balaban J connectivity index is 1.70. The average Bonchev–Trinajstić information content (AvgIpc) is 2.81. The maximum absolute atomic E-state index is 13.0. The number of benzene rings is 2. The zero-order valence-electron chi connectivity index (χ0n) is 18.2. The van der Waals surface area contributed by atoms with Gasteiger partial charge in [0.05, 0.1) is 18.6 Å². The van der Waals surface area contributed by atoms with E-state index in [1.807, 2.05) is 0 Å². The molecule has 2 N–H and O–H groups in total. The maximum Gasteiger partial charge on any atom is 0.416 e. The van der Waals surface area contributed by atoms with Crippen molar-refractivity contribution in [3.8, 4) is 17.6 Å². The van der Waals surface area contributed by atoms with Crippen LogP contribution in [0.1, 0.15) is 41.9 Å². The van der Waals surface area contributed by atoms with Gasteiger partial charge in [0.1, 0.15) is 35.5 Å². The van der Waals surface area contributed by atoms with Gasteiger partial charge < -0.3 is 19.9 Å². The number of hydrogen-bond donors (Lipinski definition) is 1. The number of nitriles is 1. The van der Waals surface area contributed by atoms with Crippen molar-refractivity contribution in [1.82, 2.24) is 0 Å². The molecule has 0 saturated carbocycles. The van der Waals surface area contributed by atoms with Crippen LogP contribution in [0.25, 0.3) is 0 Å². The molecule has 0 spiro atoms. The summed E-state index contributed by atoms with van der Waals surface area (Å²) in [5.74, 6) is 0.0998. The fourth-order valence-corrected chi connectivity index (χ4v) is 4.20. The van der Waals surface area contributed by atoms with Crippen molar-refractivity contribution in [3.63, 3.8) is 0 Å². The molecule has 2 aromatic rings. The Bertz CT molecular complexity index is 1240. The number of alkyl halides is 3. The van der Waals surface area contributed by atoms with Gasteiger partial charge in [0.15, 0.2) is 5.78 Å². The number of methoxy groups -OCH3 is 1. The third-order valence-corrected chi connectivity index (χ3v) is 5.80. The molecule has 34 heavy (non-hydrogen) atoms. The summed E-state index contributed by atoms with van der Waals surface area (Å²) in [6, 6.07) is 11.7.